The monoisotopic (exact) mass is 387 g/mol. The Balaban J connectivity index is 2.71. The first kappa shape index (κ1) is 10.6. The third-order valence-corrected chi connectivity index (χ3v) is 3.41. The molecule has 3 heteroatoms. The van der Waals surface area contributed by atoms with Crippen LogP contribution in [0.1, 0.15) is 15.9 Å². The van der Waals surface area contributed by atoms with E-state index in [1.54, 1.807) is 0 Å². The number of rotatable bonds is 1. The molecule has 0 aliphatic rings. The second-order valence-corrected chi connectivity index (χ2v) is 4.58. The van der Waals surface area contributed by atoms with E-state index in [0.29, 0.717) is 5.56 Å². The molecule has 0 saturated carbocycles. The molecule has 0 unspecified atom stereocenters. The van der Waals surface area contributed by atoms with Crippen LogP contribution in [0, 0.1) is 6.92 Å². The minimum absolute atomic E-state index is 0.0459. The number of aryl methyl sites for hydroxylation is 1. The molecule has 2 aromatic rings. The maximum absolute atomic E-state index is 11.5. The summed E-state index contributed by atoms with van der Waals surface area (Å²) in [5.74, 6) is -0.201. The van der Waals surface area contributed by atoms with E-state index in [2.05, 4.69) is 6.07 Å². The second-order valence-electron chi connectivity index (χ2n) is 3.46. The van der Waals surface area contributed by atoms with Crippen molar-refractivity contribution in [2.75, 3.05) is 0 Å². The number of hydrogen-bond acceptors (Lipinski definition) is 2. The van der Waals surface area contributed by atoms with E-state index in [1.807, 2.05) is 37.3 Å². The van der Waals surface area contributed by atoms with Crippen LogP contribution in [0.25, 0.3) is 10.8 Å². The van der Waals surface area contributed by atoms with Crippen LogP contribution in [-0.2, 0) is 29.2 Å². The molecule has 0 saturated heterocycles. The fourth-order valence-corrected chi connectivity index (χ4v) is 2.26. The molecule has 0 bridgehead atoms. The van der Waals surface area contributed by atoms with Crippen molar-refractivity contribution in [1.82, 2.24) is 0 Å². The molecular weight excluding hydrogens is 377 g/mol. The predicted molar refractivity (Wildman–Crippen MR) is 54.1 cm³/mol. The number of carbonyl (C=O) groups is 1. The molecule has 0 fully saturated rings. The summed E-state index contributed by atoms with van der Waals surface area (Å²) in [7, 11) is 0. The third-order valence-electron chi connectivity index (χ3n) is 2.39. The SMILES string of the molecule is Cc1ccc2c(C(=O)[O][Hg])cccc2c1. The van der Waals surface area contributed by atoms with Gasteiger partial charge in [0.05, 0.1) is 0 Å². The molecule has 0 aromatic heterocycles. The van der Waals surface area contributed by atoms with Crippen molar-refractivity contribution in [3.63, 3.8) is 0 Å². The summed E-state index contributed by atoms with van der Waals surface area (Å²) in [5, 5.41) is 2.06. The minimum atomic E-state index is -0.201. The van der Waals surface area contributed by atoms with Crippen molar-refractivity contribution >= 4 is 16.7 Å². The van der Waals surface area contributed by atoms with E-state index in [-0.39, 0.29) is 32.5 Å². The van der Waals surface area contributed by atoms with E-state index >= 15 is 0 Å². The molecule has 0 amide bonds. The van der Waals surface area contributed by atoms with E-state index < -0.39 is 0 Å². The van der Waals surface area contributed by atoms with Crippen molar-refractivity contribution in [1.29, 1.82) is 0 Å². The van der Waals surface area contributed by atoms with Crippen molar-refractivity contribution in [3.05, 3.63) is 47.5 Å². The summed E-state index contributed by atoms with van der Waals surface area (Å²) in [6, 6.07) is 11.8. The van der Waals surface area contributed by atoms with Gasteiger partial charge in [-0.15, -0.1) is 0 Å². The van der Waals surface area contributed by atoms with Gasteiger partial charge in [0, 0.05) is 0 Å². The number of fused-ring (bicyclic) bond motifs is 1. The van der Waals surface area contributed by atoms with Crippen LogP contribution in [-0.4, -0.2) is 5.97 Å². The first-order valence-corrected chi connectivity index (χ1v) is 6.92. The summed E-state index contributed by atoms with van der Waals surface area (Å²) in [5.41, 5.74) is 1.87. The standard InChI is InChI=1S/C12H10O2.Hg/c1-8-5-6-10-9(7-8)3-2-4-11(10)12(13)14;/h2-7H,1H3,(H,13,14);/q;+1/p-1. The molecule has 2 nitrogen and oxygen atoms in total. The zero-order valence-corrected chi connectivity index (χ0v) is 14.0. The van der Waals surface area contributed by atoms with Crippen molar-refractivity contribution in [3.8, 4) is 0 Å². The van der Waals surface area contributed by atoms with E-state index in [4.69, 9.17) is 2.64 Å². The van der Waals surface area contributed by atoms with Crippen LogP contribution in [0.15, 0.2) is 36.4 Å². The second kappa shape index (κ2) is 4.31. The van der Waals surface area contributed by atoms with Crippen LogP contribution < -0.4 is 0 Å². The number of benzene rings is 2. The van der Waals surface area contributed by atoms with Gasteiger partial charge in [0.1, 0.15) is 0 Å². The molecule has 0 spiro atoms. The van der Waals surface area contributed by atoms with E-state index in [1.165, 1.54) is 5.56 Å². The molecule has 0 aliphatic carbocycles. The van der Waals surface area contributed by atoms with Crippen LogP contribution in [0.5, 0.6) is 0 Å². The molecule has 0 radical (unpaired) electrons. The Bertz CT molecular complexity index is 520. The van der Waals surface area contributed by atoms with E-state index in [0.717, 1.165) is 10.8 Å². The van der Waals surface area contributed by atoms with E-state index in [9.17, 15) is 4.79 Å². The van der Waals surface area contributed by atoms with Gasteiger partial charge in [0.15, 0.2) is 0 Å². The van der Waals surface area contributed by atoms with Gasteiger partial charge in [0.25, 0.3) is 0 Å². The van der Waals surface area contributed by atoms with Gasteiger partial charge in [-0.25, -0.2) is 0 Å². The van der Waals surface area contributed by atoms with Gasteiger partial charge >= 0.3 is 105 Å². The van der Waals surface area contributed by atoms with Crippen molar-refractivity contribution < 1.29 is 34.0 Å². The van der Waals surface area contributed by atoms with Gasteiger partial charge in [-0.1, -0.05) is 0 Å². The summed E-state index contributed by atoms with van der Waals surface area (Å²) in [6.07, 6.45) is 0. The van der Waals surface area contributed by atoms with Gasteiger partial charge in [-0.05, 0) is 0 Å². The Hall–Kier alpha value is -0.895. The summed E-state index contributed by atoms with van der Waals surface area (Å²) in [6.45, 7) is 2.04. The van der Waals surface area contributed by atoms with Gasteiger partial charge < -0.3 is 0 Å². The average Bonchev–Trinajstić information content (AvgIpc) is 2.26. The first-order valence-electron chi connectivity index (χ1n) is 4.68. The van der Waals surface area contributed by atoms with Crippen LogP contribution in [0.3, 0.4) is 0 Å². The van der Waals surface area contributed by atoms with Crippen LogP contribution in [0.4, 0.5) is 0 Å². The molecule has 2 aromatic carbocycles. The quantitative estimate of drug-likeness (QED) is 0.706. The summed E-state index contributed by atoms with van der Waals surface area (Å²) >= 11 is 0.0459. The molecule has 0 heterocycles. The fraction of sp³-hybridized carbons (Fsp3) is 0.0833. The zero-order chi connectivity index (χ0) is 10.8. The average molecular weight is 386 g/mol. The molecular formula is C12H9HgO2. The Kier molecular flexibility index (Phi) is 3.05. The van der Waals surface area contributed by atoms with Crippen molar-refractivity contribution in [2.24, 2.45) is 0 Å². The first-order chi connectivity index (χ1) is 7.22. The van der Waals surface area contributed by atoms with Crippen LogP contribution in [0.2, 0.25) is 0 Å². The van der Waals surface area contributed by atoms with Gasteiger partial charge in [-0.3, -0.25) is 0 Å². The van der Waals surface area contributed by atoms with Gasteiger partial charge in [0.2, 0.25) is 0 Å². The number of hydrogen-bond donors (Lipinski definition) is 0. The molecule has 71 valence electrons. The molecule has 0 atom stereocenters. The fourth-order valence-electron chi connectivity index (χ4n) is 1.66. The Morgan fingerprint density at radius 3 is 2.80 bits per heavy atom. The Morgan fingerprint density at radius 1 is 1.27 bits per heavy atom. The molecule has 2 rings (SSSR count). The normalized spacial score (nSPS) is 10.3. The predicted octanol–water partition coefficient (Wildman–Crippen LogP) is 2.77. The molecule has 0 aliphatic heterocycles. The zero-order valence-electron chi connectivity index (χ0n) is 8.49. The van der Waals surface area contributed by atoms with Gasteiger partial charge in [-0.2, -0.15) is 0 Å². The summed E-state index contributed by atoms with van der Waals surface area (Å²) in [4.78, 5) is 11.5. The number of carbonyl (C=O) groups excluding carboxylic acids is 1. The van der Waals surface area contributed by atoms with Crippen LogP contribution >= 0.6 is 0 Å². The summed E-state index contributed by atoms with van der Waals surface area (Å²) < 4.78 is 4.93. The Morgan fingerprint density at radius 2 is 2.07 bits per heavy atom. The molecule has 0 N–H and O–H groups in total. The maximum atomic E-state index is 11.5. The molecule has 15 heavy (non-hydrogen) atoms. The topological polar surface area (TPSA) is 26.3 Å². The van der Waals surface area contributed by atoms with Crippen molar-refractivity contribution in [2.45, 2.75) is 6.92 Å². The third kappa shape index (κ3) is 2.05. The Labute approximate surface area is 105 Å².